The van der Waals surface area contributed by atoms with Crippen LogP contribution in [0.3, 0.4) is 0 Å². The summed E-state index contributed by atoms with van der Waals surface area (Å²) in [5.41, 5.74) is 5.92. The first-order valence-corrected chi connectivity index (χ1v) is 8.37. The number of hydrogen-bond acceptors (Lipinski definition) is 2. The third-order valence-electron chi connectivity index (χ3n) is 4.42. The molecule has 1 unspecified atom stereocenters. The summed E-state index contributed by atoms with van der Waals surface area (Å²) in [6.45, 7) is 3.11. The minimum Gasteiger partial charge on any atom is -0.385 e. The first-order chi connectivity index (χ1) is 9.72. The number of unbranched alkanes of at least 4 members (excludes halogenated alkanes) is 6. The zero-order valence-corrected chi connectivity index (χ0v) is 12.8. The van der Waals surface area contributed by atoms with Gasteiger partial charge in [-0.05, 0) is 25.2 Å². The van der Waals surface area contributed by atoms with E-state index in [0.717, 1.165) is 19.4 Å². The Morgan fingerprint density at radius 1 is 1.15 bits per heavy atom. The largest absolute Gasteiger partial charge is 0.385 e. The van der Waals surface area contributed by atoms with Crippen molar-refractivity contribution in [3.63, 3.8) is 0 Å². The number of carbonyl (C=O) groups excluding carboxylic acids is 1. The molecule has 1 heterocycles. The van der Waals surface area contributed by atoms with Crippen LogP contribution in [-0.4, -0.2) is 29.4 Å². The zero-order valence-electron chi connectivity index (χ0n) is 12.8. The first-order valence-electron chi connectivity index (χ1n) is 8.37. The fourth-order valence-electron chi connectivity index (χ4n) is 2.92. The standard InChI is InChI=1S/C16H29N3O/c1-2-3-4-5-6-7-8-9-14-15(17)18-16(20)19(14)12-13-10-11-13/h13-14H,2-12H2,1H3,(H2,17,18,20). The summed E-state index contributed by atoms with van der Waals surface area (Å²) in [7, 11) is 0. The van der Waals surface area contributed by atoms with Crippen LogP contribution in [0, 0.1) is 5.92 Å². The van der Waals surface area contributed by atoms with Gasteiger partial charge in [0.1, 0.15) is 5.84 Å². The Morgan fingerprint density at radius 2 is 1.80 bits per heavy atom. The third-order valence-corrected chi connectivity index (χ3v) is 4.42. The number of nitrogens with two attached hydrogens (primary N) is 1. The molecule has 2 amide bonds. The van der Waals surface area contributed by atoms with Crippen LogP contribution >= 0.6 is 0 Å². The van der Waals surface area contributed by atoms with Crippen LogP contribution < -0.4 is 5.73 Å². The molecule has 0 radical (unpaired) electrons. The van der Waals surface area contributed by atoms with E-state index in [0.29, 0.717) is 11.8 Å². The summed E-state index contributed by atoms with van der Waals surface area (Å²) in [4.78, 5) is 17.7. The Kier molecular flexibility index (Phi) is 5.86. The summed E-state index contributed by atoms with van der Waals surface area (Å²) in [5.74, 6) is 1.25. The van der Waals surface area contributed by atoms with Gasteiger partial charge in [-0.15, -0.1) is 0 Å². The van der Waals surface area contributed by atoms with Gasteiger partial charge in [-0.3, -0.25) is 0 Å². The van der Waals surface area contributed by atoms with Crippen LogP contribution in [0.1, 0.15) is 71.1 Å². The van der Waals surface area contributed by atoms with E-state index in [1.54, 1.807) is 0 Å². The minimum atomic E-state index is -0.109. The van der Waals surface area contributed by atoms with E-state index >= 15 is 0 Å². The van der Waals surface area contributed by atoms with E-state index in [1.807, 2.05) is 4.90 Å². The second-order valence-corrected chi connectivity index (χ2v) is 6.34. The number of amides is 2. The smallest absolute Gasteiger partial charge is 0.345 e. The number of nitrogens with zero attached hydrogens (tertiary/aromatic N) is 2. The highest BCUT2D eigenvalue weighted by Crippen LogP contribution is 2.32. The molecule has 4 heteroatoms. The average Bonchev–Trinajstić information content (AvgIpc) is 3.19. The molecule has 0 aromatic heterocycles. The Bertz CT molecular complexity index is 350. The maximum Gasteiger partial charge on any atom is 0.345 e. The van der Waals surface area contributed by atoms with E-state index < -0.39 is 0 Å². The van der Waals surface area contributed by atoms with Crippen molar-refractivity contribution < 1.29 is 4.79 Å². The van der Waals surface area contributed by atoms with Gasteiger partial charge < -0.3 is 10.6 Å². The van der Waals surface area contributed by atoms with Crippen molar-refractivity contribution in [2.75, 3.05) is 6.54 Å². The van der Waals surface area contributed by atoms with Gasteiger partial charge in [-0.2, -0.15) is 4.99 Å². The van der Waals surface area contributed by atoms with Gasteiger partial charge in [-0.1, -0.05) is 51.9 Å². The van der Waals surface area contributed by atoms with Crippen molar-refractivity contribution in [3.05, 3.63) is 0 Å². The molecule has 1 atom stereocenters. The quantitative estimate of drug-likeness (QED) is 0.620. The molecule has 2 aliphatic rings. The van der Waals surface area contributed by atoms with Gasteiger partial charge >= 0.3 is 6.03 Å². The lowest BCUT2D eigenvalue weighted by Gasteiger charge is -2.24. The van der Waals surface area contributed by atoms with Crippen molar-refractivity contribution in [1.82, 2.24) is 4.90 Å². The van der Waals surface area contributed by atoms with Crippen LogP contribution in [0.15, 0.2) is 4.99 Å². The molecule has 4 nitrogen and oxygen atoms in total. The Morgan fingerprint density at radius 3 is 2.45 bits per heavy atom. The van der Waals surface area contributed by atoms with Crippen LogP contribution in [0.5, 0.6) is 0 Å². The van der Waals surface area contributed by atoms with Crippen molar-refractivity contribution in [1.29, 1.82) is 0 Å². The average molecular weight is 279 g/mol. The highest BCUT2D eigenvalue weighted by Gasteiger charge is 2.36. The molecule has 20 heavy (non-hydrogen) atoms. The Balaban J connectivity index is 1.64. The van der Waals surface area contributed by atoms with Crippen molar-refractivity contribution >= 4 is 11.9 Å². The summed E-state index contributed by atoms with van der Waals surface area (Å²) < 4.78 is 0. The van der Waals surface area contributed by atoms with Gasteiger partial charge in [0.2, 0.25) is 0 Å². The van der Waals surface area contributed by atoms with E-state index in [9.17, 15) is 4.79 Å². The van der Waals surface area contributed by atoms with Crippen LogP contribution in [-0.2, 0) is 0 Å². The lowest BCUT2D eigenvalue weighted by molar-refractivity contribution is 0.200. The molecule has 0 aromatic rings. The second kappa shape index (κ2) is 7.65. The van der Waals surface area contributed by atoms with E-state index in [1.165, 1.54) is 51.4 Å². The SMILES string of the molecule is CCCCCCCCCC1C(N)=NC(=O)N1CC1CC1. The fraction of sp³-hybridized carbons (Fsp3) is 0.875. The molecule has 0 aromatic carbocycles. The lowest BCUT2D eigenvalue weighted by Crippen LogP contribution is -2.41. The molecule has 0 saturated heterocycles. The van der Waals surface area contributed by atoms with Crippen molar-refractivity contribution in [2.24, 2.45) is 16.6 Å². The van der Waals surface area contributed by atoms with Crippen molar-refractivity contribution in [2.45, 2.75) is 77.2 Å². The number of rotatable bonds is 10. The van der Waals surface area contributed by atoms with Crippen LogP contribution in [0.25, 0.3) is 0 Å². The molecule has 1 saturated carbocycles. The molecule has 2 N–H and O–H groups in total. The topological polar surface area (TPSA) is 58.7 Å². The van der Waals surface area contributed by atoms with Gasteiger partial charge in [0, 0.05) is 6.54 Å². The Hall–Kier alpha value is -1.06. The molecule has 114 valence electrons. The molecule has 0 bridgehead atoms. The first kappa shape index (κ1) is 15.3. The zero-order chi connectivity index (χ0) is 14.4. The van der Waals surface area contributed by atoms with E-state index in [-0.39, 0.29) is 12.1 Å². The van der Waals surface area contributed by atoms with E-state index in [4.69, 9.17) is 5.73 Å². The predicted octanol–water partition coefficient (Wildman–Crippen LogP) is 3.70. The van der Waals surface area contributed by atoms with Crippen LogP contribution in [0.2, 0.25) is 0 Å². The molecule has 0 spiro atoms. The Labute approximate surface area is 122 Å². The molecular formula is C16H29N3O. The highest BCUT2D eigenvalue weighted by atomic mass is 16.2. The van der Waals surface area contributed by atoms with Crippen molar-refractivity contribution in [3.8, 4) is 0 Å². The van der Waals surface area contributed by atoms with Crippen LogP contribution in [0.4, 0.5) is 4.79 Å². The molecule has 1 fully saturated rings. The molecular weight excluding hydrogens is 250 g/mol. The van der Waals surface area contributed by atoms with Gasteiger partial charge in [-0.25, -0.2) is 4.79 Å². The van der Waals surface area contributed by atoms with Gasteiger partial charge in [0.25, 0.3) is 0 Å². The monoisotopic (exact) mass is 279 g/mol. The van der Waals surface area contributed by atoms with Gasteiger partial charge in [0.05, 0.1) is 6.04 Å². The summed E-state index contributed by atoms with van der Waals surface area (Å²) in [5, 5.41) is 0. The summed E-state index contributed by atoms with van der Waals surface area (Å²) >= 11 is 0. The minimum absolute atomic E-state index is 0.0822. The predicted molar refractivity (Wildman–Crippen MR) is 82.8 cm³/mol. The molecule has 1 aliphatic carbocycles. The summed E-state index contributed by atoms with van der Waals surface area (Å²) in [6.07, 6.45) is 12.6. The number of hydrogen-bond donors (Lipinski definition) is 1. The third kappa shape index (κ3) is 4.50. The number of urea groups is 1. The maximum absolute atomic E-state index is 11.8. The lowest BCUT2D eigenvalue weighted by atomic mass is 10.0. The van der Waals surface area contributed by atoms with Gasteiger partial charge in [0.15, 0.2) is 0 Å². The number of carbonyl (C=O) groups is 1. The number of amidine groups is 1. The van der Waals surface area contributed by atoms with E-state index in [2.05, 4.69) is 11.9 Å². The highest BCUT2D eigenvalue weighted by molar-refractivity contribution is 6.02. The molecule has 1 aliphatic heterocycles. The maximum atomic E-state index is 11.8. The number of aliphatic imine (C=N–C) groups is 1. The second-order valence-electron chi connectivity index (χ2n) is 6.34. The fourth-order valence-corrected chi connectivity index (χ4v) is 2.92. The molecule has 2 rings (SSSR count). The summed E-state index contributed by atoms with van der Waals surface area (Å²) in [6, 6.07) is -0.0268. The normalized spacial score (nSPS) is 22.4.